The molecule has 176 valence electrons. The Bertz CT molecular complexity index is 1080. The molecule has 0 aromatic heterocycles. The third-order valence-corrected chi connectivity index (χ3v) is 10.6. The minimum atomic E-state index is -3.80. The van der Waals surface area contributed by atoms with Crippen molar-refractivity contribution in [2.24, 2.45) is 0 Å². The molecule has 1 saturated carbocycles. The number of rotatable bonds is 6. The summed E-state index contributed by atoms with van der Waals surface area (Å²) < 4.78 is 60.8. The number of morpholine rings is 1. The van der Waals surface area contributed by atoms with E-state index in [9.17, 15) is 21.6 Å². The Morgan fingerprint density at radius 1 is 1.03 bits per heavy atom. The molecule has 1 N–H and O–H groups in total. The van der Waals surface area contributed by atoms with Gasteiger partial charge in [0, 0.05) is 31.2 Å². The number of carbonyl (C=O) groups excluding carboxylic acids is 1. The minimum absolute atomic E-state index is 0.0718. The normalized spacial score (nSPS) is 24.6. The highest BCUT2D eigenvalue weighted by Gasteiger charge is 2.51. The van der Waals surface area contributed by atoms with E-state index in [2.05, 4.69) is 11.9 Å². The van der Waals surface area contributed by atoms with Gasteiger partial charge in [-0.3, -0.25) is 4.79 Å². The van der Waals surface area contributed by atoms with Crippen molar-refractivity contribution in [1.29, 1.82) is 0 Å². The number of carbonyl (C=O) groups is 1. The molecular weight excluding hydrogens is 454 g/mol. The van der Waals surface area contributed by atoms with E-state index in [4.69, 9.17) is 4.74 Å². The summed E-state index contributed by atoms with van der Waals surface area (Å²) >= 11 is 0. The lowest BCUT2D eigenvalue weighted by atomic mass is 9.70. The minimum Gasteiger partial charge on any atom is -0.379 e. The van der Waals surface area contributed by atoms with Crippen molar-refractivity contribution < 1.29 is 26.4 Å². The second-order valence-electron chi connectivity index (χ2n) is 8.55. The van der Waals surface area contributed by atoms with Crippen LogP contribution in [0.1, 0.15) is 32.1 Å². The second kappa shape index (κ2) is 8.86. The number of benzene rings is 1. The lowest BCUT2D eigenvalue weighted by Gasteiger charge is -2.54. The largest absolute Gasteiger partial charge is 0.379 e. The van der Waals surface area contributed by atoms with Crippen molar-refractivity contribution in [1.82, 2.24) is 13.9 Å². The molecule has 32 heavy (non-hydrogen) atoms. The van der Waals surface area contributed by atoms with Crippen LogP contribution in [-0.4, -0.2) is 75.8 Å². The van der Waals surface area contributed by atoms with E-state index >= 15 is 0 Å². The molecular formula is C21H29N3O6S2. The summed E-state index contributed by atoms with van der Waals surface area (Å²) in [6, 6.07) is 5.39. The lowest BCUT2D eigenvalue weighted by molar-refractivity contribution is -0.117. The first-order valence-electron chi connectivity index (χ1n) is 10.8. The first-order valence-corrected chi connectivity index (χ1v) is 13.7. The summed E-state index contributed by atoms with van der Waals surface area (Å²) in [7, 11) is -7.49. The van der Waals surface area contributed by atoms with Gasteiger partial charge in [-0.2, -0.15) is 8.61 Å². The molecule has 0 radical (unpaired) electrons. The van der Waals surface area contributed by atoms with Crippen molar-refractivity contribution in [3.63, 3.8) is 0 Å². The van der Waals surface area contributed by atoms with E-state index in [0.717, 1.165) is 19.3 Å². The summed E-state index contributed by atoms with van der Waals surface area (Å²) in [6.07, 6.45) is 4.74. The molecule has 3 fully saturated rings. The fourth-order valence-electron chi connectivity index (χ4n) is 4.82. The molecule has 9 nitrogen and oxygen atoms in total. The van der Waals surface area contributed by atoms with Crippen molar-refractivity contribution in [3.8, 4) is 0 Å². The fraction of sp³-hybridized carbons (Fsp3) is 0.571. The van der Waals surface area contributed by atoms with Gasteiger partial charge in [-0.15, -0.1) is 0 Å². The summed E-state index contributed by atoms with van der Waals surface area (Å²) in [4.78, 5) is 11.9. The van der Waals surface area contributed by atoms with Crippen LogP contribution >= 0.6 is 0 Å². The molecule has 2 heterocycles. The Kier molecular flexibility index (Phi) is 6.47. The maximum absolute atomic E-state index is 13.5. The van der Waals surface area contributed by atoms with Gasteiger partial charge in [0.15, 0.2) is 0 Å². The van der Waals surface area contributed by atoms with E-state index < -0.39 is 25.6 Å². The first kappa shape index (κ1) is 23.4. The maximum atomic E-state index is 13.5. The van der Waals surface area contributed by atoms with Gasteiger partial charge >= 0.3 is 0 Å². The highest BCUT2D eigenvalue weighted by atomic mass is 32.2. The van der Waals surface area contributed by atoms with E-state index in [-0.39, 0.29) is 34.8 Å². The zero-order valence-electron chi connectivity index (χ0n) is 17.9. The van der Waals surface area contributed by atoms with E-state index in [1.54, 1.807) is 4.31 Å². The molecule has 2 saturated heterocycles. The summed E-state index contributed by atoms with van der Waals surface area (Å²) in [5.41, 5.74) is -0.505. The number of amides is 1. The lowest BCUT2D eigenvalue weighted by Crippen LogP contribution is -2.63. The molecule has 1 aromatic carbocycles. The smallest absolute Gasteiger partial charge is 0.243 e. The van der Waals surface area contributed by atoms with Gasteiger partial charge in [-0.05, 0) is 62.4 Å². The van der Waals surface area contributed by atoms with E-state index in [1.165, 1.54) is 34.6 Å². The molecule has 11 heteroatoms. The standard InChI is InChI=1S/C21H29N3O6S2/c1-2-20(25)22-17-8-11-24(21(16-17)9-3-10-21)32(28,29)19-6-4-18(5-7-19)31(26,27)23-12-14-30-15-13-23/h2,4-7,17H,1,3,8-16H2,(H,22,25). The van der Waals surface area contributed by atoms with Crippen LogP contribution in [0.4, 0.5) is 0 Å². The highest BCUT2D eigenvalue weighted by molar-refractivity contribution is 7.89. The molecule has 1 aliphatic carbocycles. The third kappa shape index (κ3) is 4.24. The molecule has 3 aliphatic rings. The van der Waals surface area contributed by atoms with Gasteiger partial charge in [-0.25, -0.2) is 16.8 Å². The van der Waals surface area contributed by atoms with Gasteiger partial charge in [0.25, 0.3) is 0 Å². The van der Waals surface area contributed by atoms with Crippen molar-refractivity contribution in [2.75, 3.05) is 32.8 Å². The molecule has 1 amide bonds. The van der Waals surface area contributed by atoms with Crippen LogP contribution in [0.3, 0.4) is 0 Å². The second-order valence-corrected chi connectivity index (χ2v) is 12.3. The van der Waals surface area contributed by atoms with Crippen LogP contribution in [0.2, 0.25) is 0 Å². The monoisotopic (exact) mass is 483 g/mol. The van der Waals surface area contributed by atoms with Crippen LogP contribution in [0.5, 0.6) is 0 Å². The zero-order chi connectivity index (χ0) is 23.0. The van der Waals surface area contributed by atoms with Gasteiger partial charge in [0.1, 0.15) is 0 Å². The molecule has 4 rings (SSSR count). The molecule has 1 aromatic rings. The molecule has 1 spiro atoms. The zero-order valence-corrected chi connectivity index (χ0v) is 19.5. The average molecular weight is 484 g/mol. The molecule has 2 aliphatic heterocycles. The number of ether oxygens (including phenoxy) is 1. The molecule has 1 unspecified atom stereocenters. The quantitative estimate of drug-likeness (QED) is 0.606. The van der Waals surface area contributed by atoms with E-state index in [1.807, 2.05) is 0 Å². The maximum Gasteiger partial charge on any atom is 0.243 e. The molecule has 1 atom stereocenters. The van der Waals surface area contributed by atoms with Gasteiger partial charge in [0.05, 0.1) is 23.0 Å². The Morgan fingerprint density at radius 3 is 2.16 bits per heavy atom. The predicted octanol–water partition coefficient (Wildman–Crippen LogP) is 1.09. The van der Waals surface area contributed by atoms with E-state index in [0.29, 0.717) is 32.6 Å². The van der Waals surface area contributed by atoms with Gasteiger partial charge < -0.3 is 10.1 Å². The first-order chi connectivity index (χ1) is 15.2. The van der Waals surface area contributed by atoms with Crippen LogP contribution in [-0.2, 0) is 29.6 Å². The average Bonchev–Trinajstić information content (AvgIpc) is 2.78. The SMILES string of the molecule is C=CC(=O)NC1CCN(S(=O)(=O)c2ccc(S(=O)(=O)N3CCOCC3)cc2)C2(CCC2)C1. The Labute approximate surface area is 189 Å². The Balaban J connectivity index is 1.54. The predicted molar refractivity (Wildman–Crippen MR) is 118 cm³/mol. The van der Waals surface area contributed by atoms with Gasteiger partial charge in [0.2, 0.25) is 26.0 Å². The topological polar surface area (TPSA) is 113 Å². The van der Waals surface area contributed by atoms with Crippen LogP contribution in [0.15, 0.2) is 46.7 Å². The number of nitrogens with zero attached hydrogens (tertiary/aromatic N) is 2. The molecule has 0 bridgehead atoms. The number of hydrogen-bond acceptors (Lipinski definition) is 6. The number of nitrogens with one attached hydrogen (secondary N) is 1. The summed E-state index contributed by atoms with van der Waals surface area (Å²) in [5.74, 6) is -0.252. The fourth-order valence-corrected chi connectivity index (χ4v) is 8.07. The Hall–Kier alpha value is -1.79. The number of hydrogen-bond donors (Lipinski definition) is 1. The third-order valence-electron chi connectivity index (χ3n) is 6.67. The number of piperidine rings is 1. The van der Waals surface area contributed by atoms with Crippen molar-refractivity contribution in [3.05, 3.63) is 36.9 Å². The van der Waals surface area contributed by atoms with Crippen molar-refractivity contribution >= 4 is 26.0 Å². The summed E-state index contributed by atoms with van der Waals surface area (Å²) in [5, 5.41) is 2.90. The van der Waals surface area contributed by atoms with Crippen molar-refractivity contribution in [2.45, 2.75) is 53.5 Å². The highest BCUT2D eigenvalue weighted by Crippen LogP contribution is 2.47. The van der Waals surface area contributed by atoms with Gasteiger partial charge in [-0.1, -0.05) is 6.58 Å². The van der Waals surface area contributed by atoms with Crippen LogP contribution < -0.4 is 5.32 Å². The van der Waals surface area contributed by atoms with Crippen LogP contribution in [0, 0.1) is 0 Å². The summed E-state index contributed by atoms with van der Waals surface area (Å²) in [6.45, 7) is 5.03. The Morgan fingerprint density at radius 2 is 1.62 bits per heavy atom. The number of sulfonamides is 2. The van der Waals surface area contributed by atoms with Crippen LogP contribution in [0.25, 0.3) is 0 Å².